The van der Waals surface area contributed by atoms with Crippen LogP contribution in [0.4, 0.5) is 4.39 Å². The van der Waals surface area contributed by atoms with E-state index in [9.17, 15) is 9.18 Å². The van der Waals surface area contributed by atoms with E-state index in [1.807, 2.05) is 29.3 Å². The summed E-state index contributed by atoms with van der Waals surface area (Å²) < 4.78 is 13.5. The van der Waals surface area contributed by atoms with Gasteiger partial charge in [0.05, 0.1) is 0 Å². The maximum absolute atomic E-state index is 13.5. The molecule has 1 aromatic heterocycles. The Balaban J connectivity index is 1.66. The predicted octanol–water partition coefficient (Wildman–Crippen LogP) is 5.09. The Morgan fingerprint density at radius 2 is 1.85 bits per heavy atom. The molecule has 0 bridgehead atoms. The second-order valence-electron chi connectivity index (χ2n) is 7.66. The molecule has 1 saturated heterocycles. The molecule has 1 aliphatic rings. The summed E-state index contributed by atoms with van der Waals surface area (Å²) in [6.45, 7) is 3.92. The van der Waals surface area contributed by atoms with Crippen molar-refractivity contribution < 1.29 is 9.18 Å². The van der Waals surface area contributed by atoms with Crippen LogP contribution in [0.3, 0.4) is 0 Å². The highest BCUT2D eigenvalue weighted by Gasteiger charge is 2.26. The summed E-state index contributed by atoms with van der Waals surface area (Å²) in [5, 5.41) is 1.12. The molecule has 1 unspecified atom stereocenters. The lowest BCUT2D eigenvalue weighted by atomic mass is 9.87. The molecule has 1 N–H and O–H groups in total. The van der Waals surface area contributed by atoms with E-state index >= 15 is 0 Å². The van der Waals surface area contributed by atoms with Crippen LogP contribution in [0.15, 0.2) is 54.7 Å². The van der Waals surface area contributed by atoms with Gasteiger partial charge in [-0.2, -0.15) is 0 Å². The van der Waals surface area contributed by atoms with Crippen molar-refractivity contribution in [1.29, 1.82) is 0 Å². The van der Waals surface area contributed by atoms with Gasteiger partial charge < -0.3 is 9.88 Å². The van der Waals surface area contributed by atoms with Crippen molar-refractivity contribution in [3.8, 4) is 0 Å². The summed E-state index contributed by atoms with van der Waals surface area (Å²) in [5.41, 5.74) is 3.12. The summed E-state index contributed by atoms with van der Waals surface area (Å²) in [6.07, 6.45) is 4.53. The first-order chi connectivity index (χ1) is 13.1. The van der Waals surface area contributed by atoms with Crippen molar-refractivity contribution >= 4 is 16.8 Å². The normalized spacial score (nSPS) is 16.6. The first-order valence-corrected chi connectivity index (χ1v) is 9.71. The molecule has 140 valence electrons. The van der Waals surface area contributed by atoms with Crippen LogP contribution < -0.4 is 0 Å². The minimum Gasteiger partial charge on any atom is -0.361 e. The molecule has 0 aliphatic carbocycles. The molecule has 4 rings (SSSR count). The molecule has 1 aliphatic heterocycles. The van der Waals surface area contributed by atoms with Crippen LogP contribution in [0.2, 0.25) is 0 Å². The smallest absolute Gasteiger partial charge is 0.223 e. The Morgan fingerprint density at radius 1 is 1.15 bits per heavy atom. The number of halogens is 1. The number of carbonyl (C=O) groups excluding carboxylic acids is 1. The minimum atomic E-state index is -0.257. The maximum Gasteiger partial charge on any atom is 0.223 e. The van der Waals surface area contributed by atoms with Crippen LogP contribution in [0, 0.1) is 11.7 Å². The van der Waals surface area contributed by atoms with Gasteiger partial charge in [-0.1, -0.05) is 37.3 Å². The van der Waals surface area contributed by atoms with Gasteiger partial charge in [0, 0.05) is 42.5 Å². The zero-order chi connectivity index (χ0) is 18.8. The SMILES string of the molecule is CC1CCN(C(=O)CC(c2ccc(F)cc2)c2c[nH]c3ccccc23)CC1. The van der Waals surface area contributed by atoms with E-state index in [4.69, 9.17) is 0 Å². The van der Waals surface area contributed by atoms with Gasteiger partial charge in [0.2, 0.25) is 5.91 Å². The Bertz CT molecular complexity index is 923. The monoisotopic (exact) mass is 364 g/mol. The summed E-state index contributed by atoms with van der Waals surface area (Å²) >= 11 is 0. The van der Waals surface area contributed by atoms with Gasteiger partial charge in [-0.15, -0.1) is 0 Å². The van der Waals surface area contributed by atoms with Crippen molar-refractivity contribution in [3.05, 3.63) is 71.7 Å². The second-order valence-corrected chi connectivity index (χ2v) is 7.66. The number of nitrogens with one attached hydrogen (secondary N) is 1. The predicted molar refractivity (Wildman–Crippen MR) is 106 cm³/mol. The molecule has 4 heteroatoms. The number of rotatable bonds is 4. The third-order valence-corrected chi connectivity index (χ3v) is 5.78. The molecule has 0 spiro atoms. The summed E-state index contributed by atoms with van der Waals surface area (Å²) in [5.74, 6) is 0.526. The van der Waals surface area contributed by atoms with Crippen LogP contribution in [-0.2, 0) is 4.79 Å². The number of carbonyl (C=O) groups is 1. The van der Waals surface area contributed by atoms with Gasteiger partial charge in [-0.05, 0) is 48.1 Å². The summed E-state index contributed by atoms with van der Waals surface area (Å²) in [6, 6.07) is 14.7. The number of hydrogen-bond donors (Lipinski definition) is 1. The van der Waals surface area contributed by atoms with Gasteiger partial charge >= 0.3 is 0 Å². The molecule has 2 heterocycles. The van der Waals surface area contributed by atoms with Crippen LogP contribution in [0.1, 0.15) is 43.2 Å². The number of H-pyrrole nitrogens is 1. The molecular formula is C23H25FN2O. The van der Waals surface area contributed by atoms with E-state index in [0.29, 0.717) is 12.3 Å². The highest BCUT2D eigenvalue weighted by molar-refractivity contribution is 5.86. The van der Waals surface area contributed by atoms with E-state index in [1.165, 1.54) is 12.1 Å². The molecule has 27 heavy (non-hydrogen) atoms. The Hall–Kier alpha value is -2.62. The number of hydrogen-bond acceptors (Lipinski definition) is 1. The molecule has 3 nitrogen and oxygen atoms in total. The average molecular weight is 364 g/mol. The van der Waals surface area contributed by atoms with Gasteiger partial charge in [-0.3, -0.25) is 4.79 Å². The number of amides is 1. The lowest BCUT2D eigenvalue weighted by Gasteiger charge is -2.31. The summed E-state index contributed by atoms with van der Waals surface area (Å²) in [4.78, 5) is 18.3. The number of likely N-dealkylation sites (tertiary alicyclic amines) is 1. The molecule has 0 radical (unpaired) electrons. The van der Waals surface area contributed by atoms with Crippen LogP contribution in [0.5, 0.6) is 0 Å². The third-order valence-electron chi connectivity index (χ3n) is 5.78. The van der Waals surface area contributed by atoms with Crippen LogP contribution >= 0.6 is 0 Å². The molecule has 3 aromatic rings. The van der Waals surface area contributed by atoms with Crippen molar-refractivity contribution in [1.82, 2.24) is 9.88 Å². The Morgan fingerprint density at radius 3 is 2.59 bits per heavy atom. The second kappa shape index (κ2) is 7.55. The van der Waals surface area contributed by atoms with E-state index in [-0.39, 0.29) is 17.6 Å². The first kappa shape index (κ1) is 17.8. The first-order valence-electron chi connectivity index (χ1n) is 9.71. The third kappa shape index (κ3) is 3.75. The number of nitrogens with zero attached hydrogens (tertiary/aromatic N) is 1. The quantitative estimate of drug-likeness (QED) is 0.688. The Kier molecular flexibility index (Phi) is 4.97. The highest BCUT2D eigenvalue weighted by atomic mass is 19.1. The van der Waals surface area contributed by atoms with E-state index in [1.54, 1.807) is 12.1 Å². The molecule has 1 amide bonds. The summed E-state index contributed by atoms with van der Waals surface area (Å²) in [7, 11) is 0. The molecular weight excluding hydrogens is 339 g/mol. The minimum absolute atomic E-state index is 0.0893. The number of aromatic amines is 1. The molecule has 1 fully saturated rings. The van der Waals surface area contributed by atoms with E-state index in [2.05, 4.69) is 18.0 Å². The van der Waals surface area contributed by atoms with Crippen molar-refractivity contribution in [3.63, 3.8) is 0 Å². The lowest BCUT2D eigenvalue weighted by Crippen LogP contribution is -2.38. The molecule has 1 atom stereocenters. The standard InChI is InChI=1S/C23H25FN2O/c1-16-10-12-26(13-11-16)23(27)14-20(17-6-8-18(24)9-7-17)21-15-25-22-5-3-2-4-19(21)22/h2-9,15-16,20,25H,10-14H2,1H3. The fourth-order valence-electron chi connectivity index (χ4n) is 4.05. The fraction of sp³-hybridized carbons (Fsp3) is 0.348. The van der Waals surface area contributed by atoms with Crippen molar-refractivity contribution in [2.45, 2.75) is 32.1 Å². The largest absolute Gasteiger partial charge is 0.361 e. The topological polar surface area (TPSA) is 36.1 Å². The van der Waals surface area contributed by atoms with Crippen LogP contribution in [-0.4, -0.2) is 28.9 Å². The molecule has 0 saturated carbocycles. The Labute approximate surface area is 159 Å². The van der Waals surface area contributed by atoms with Crippen LogP contribution in [0.25, 0.3) is 10.9 Å². The maximum atomic E-state index is 13.5. The number of para-hydroxylation sites is 1. The fourth-order valence-corrected chi connectivity index (χ4v) is 4.05. The number of piperidine rings is 1. The number of aromatic nitrogens is 1. The van der Waals surface area contributed by atoms with Gasteiger partial charge in [0.1, 0.15) is 5.82 Å². The van der Waals surface area contributed by atoms with Gasteiger partial charge in [0.25, 0.3) is 0 Å². The zero-order valence-electron chi connectivity index (χ0n) is 15.6. The zero-order valence-corrected chi connectivity index (χ0v) is 15.6. The number of fused-ring (bicyclic) bond motifs is 1. The van der Waals surface area contributed by atoms with Gasteiger partial charge in [-0.25, -0.2) is 4.39 Å². The molecule has 2 aromatic carbocycles. The van der Waals surface area contributed by atoms with E-state index < -0.39 is 0 Å². The van der Waals surface area contributed by atoms with Crippen molar-refractivity contribution in [2.75, 3.05) is 13.1 Å². The highest BCUT2D eigenvalue weighted by Crippen LogP contribution is 2.34. The van der Waals surface area contributed by atoms with Gasteiger partial charge in [0.15, 0.2) is 0 Å². The van der Waals surface area contributed by atoms with E-state index in [0.717, 1.165) is 48.0 Å². The lowest BCUT2D eigenvalue weighted by molar-refractivity contribution is -0.132. The number of benzene rings is 2. The van der Waals surface area contributed by atoms with Crippen molar-refractivity contribution in [2.24, 2.45) is 5.92 Å². The average Bonchev–Trinajstić information content (AvgIpc) is 3.11.